The molecule has 0 saturated heterocycles. The first-order valence-electron chi connectivity index (χ1n) is 7.06. The molecule has 1 N–H and O–H groups in total. The molecule has 1 aliphatic rings. The molecular weight excluding hydrogens is 255 g/mol. The van der Waals surface area contributed by atoms with E-state index in [-0.39, 0.29) is 5.82 Å². The number of hydrogen-bond donors (Lipinski definition) is 1. The van der Waals surface area contributed by atoms with Crippen molar-refractivity contribution in [2.75, 3.05) is 18.0 Å². The zero-order valence-corrected chi connectivity index (χ0v) is 11.7. The molecule has 0 amide bonds. The standard InChI is InChI=1S/C16H19FN2O/c1-2-18-9-12-7-15(20-11-12)10-19-6-5-13-3-4-14(17)8-16(13)19/h3-4,7-8,11,18H,2,5-6,9-10H2,1H3. The maximum atomic E-state index is 13.4. The van der Waals surface area contributed by atoms with Crippen LogP contribution >= 0.6 is 0 Å². The van der Waals surface area contributed by atoms with Crippen LogP contribution in [0.1, 0.15) is 23.8 Å². The van der Waals surface area contributed by atoms with Crippen molar-refractivity contribution in [1.29, 1.82) is 0 Å². The SMILES string of the molecule is CCNCc1coc(CN2CCc3ccc(F)cc32)c1. The molecule has 1 aliphatic heterocycles. The van der Waals surface area contributed by atoms with Crippen LogP contribution in [-0.2, 0) is 19.5 Å². The summed E-state index contributed by atoms with van der Waals surface area (Å²) in [5.41, 5.74) is 3.36. The molecular formula is C16H19FN2O. The molecule has 0 bridgehead atoms. The summed E-state index contributed by atoms with van der Waals surface area (Å²) >= 11 is 0. The van der Waals surface area contributed by atoms with E-state index in [1.807, 2.05) is 6.07 Å². The van der Waals surface area contributed by atoms with Gasteiger partial charge in [0.15, 0.2) is 0 Å². The fraction of sp³-hybridized carbons (Fsp3) is 0.375. The van der Waals surface area contributed by atoms with Gasteiger partial charge in [0.1, 0.15) is 11.6 Å². The summed E-state index contributed by atoms with van der Waals surface area (Å²) in [7, 11) is 0. The van der Waals surface area contributed by atoms with Crippen LogP contribution in [0.25, 0.3) is 0 Å². The van der Waals surface area contributed by atoms with E-state index in [0.29, 0.717) is 6.54 Å². The second kappa shape index (κ2) is 5.67. The predicted octanol–water partition coefficient (Wildman–Crippen LogP) is 3.09. The molecule has 0 radical (unpaired) electrons. The van der Waals surface area contributed by atoms with Gasteiger partial charge < -0.3 is 14.6 Å². The molecule has 1 aromatic carbocycles. The molecule has 1 aromatic heterocycles. The molecule has 0 saturated carbocycles. The highest BCUT2D eigenvalue weighted by Gasteiger charge is 2.20. The molecule has 0 fully saturated rings. The smallest absolute Gasteiger partial charge is 0.125 e. The highest BCUT2D eigenvalue weighted by atomic mass is 19.1. The number of rotatable bonds is 5. The maximum Gasteiger partial charge on any atom is 0.125 e. The minimum Gasteiger partial charge on any atom is -0.467 e. The molecule has 0 spiro atoms. The van der Waals surface area contributed by atoms with Crippen LogP contribution in [0.2, 0.25) is 0 Å². The van der Waals surface area contributed by atoms with Crippen LogP contribution in [0.3, 0.4) is 0 Å². The van der Waals surface area contributed by atoms with E-state index in [2.05, 4.69) is 23.2 Å². The fourth-order valence-electron chi connectivity index (χ4n) is 2.64. The first-order valence-corrected chi connectivity index (χ1v) is 7.06. The Bertz CT molecular complexity index is 594. The van der Waals surface area contributed by atoms with E-state index >= 15 is 0 Å². The van der Waals surface area contributed by atoms with Crippen molar-refractivity contribution in [2.24, 2.45) is 0 Å². The number of halogens is 1. The molecule has 106 valence electrons. The predicted molar refractivity (Wildman–Crippen MR) is 77.2 cm³/mol. The maximum absolute atomic E-state index is 13.4. The lowest BCUT2D eigenvalue weighted by Crippen LogP contribution is -2.19. The van der Waals surface area contributed by atoms with E-state index in [9.17, 15) is 4.39 Å². The number of nitrogens with zero attached hydrogens (tertiary/aromatic N) is 1. The number of anilines is 1. The minimum atomic E-state index is -0.178. The van der Waals surface area contributed by atoms with Crippen molar-refractivity contribution in [3.63, 3.8) is 0 Å². The first kappa shape index (κ1) is 13.2. The Morgan fingerprint density at radius 2 is 2.25 bits per heavy atom. The lowest BCUT2D eigenvalue weighted by atomic mass is 10.2. The monoisotopic (exact) mass is 274 g/mol. The van der Waals surface area contributed by atoms with Crippen LogP contribution in [-0.4, -0.2) is 13.1 Å². The first-order chi connectivity index (χ1) is 9.76. The third-order valence-corrected chi connectivity index (χ3v) is 3.67. The van der Waals surface area contributed by atoms with Gasteiger partial charge in [-0.1, -0.05) is 13.0 Å². The summed E-state index contributed by atoms with van der Waals surface area (Å²) in [5.74, 6) is 0.748. The van der Waals surface area contributed by atoms with E-state index < -0.39 is 0 Å². The van der Waals surface area contributed by atoms with Gasteiger partial charge >= 0.3 is 0 Å². The van der Waals surface area contributed by atoms with E-state index in [4.69, 9.17) is 4.42 Å². The van der Waals surface area contributed by atoms with Crippen molar-refractivity contribution in [1.82, 2.24) is 5.32 Å². The van der Waals surface area contributed by atoms with Gasteiger partial charge in [-0.15, -0.1) is 0 Å². The minimum absolute atomic E-state index is 0.178. The largest absolute Gasteiger partial charge is 0.467 e. The van der Waals surface area contributed by atoms with Gasteiger partial charge in [0, 0.05) is 24.3 Å². The highest BCUT2D eigenvalue weighted by molar-refractivity contribution is 5.58. The fourth-order valence-corrected chi connectivity index (χ4v) is 2.64. The Labute approximate surface area is 118 Å². The number of hydrogen-bond acceptors (Lipinski definition) is 3. The number of benzene rings is 1. The summed E-state index contributed by atoms with van der Waals surface area (Å²) in [4.78, 5) is 2.17. The normalized spacial score (nSPS) is 13.8. The summed E-state index contributed by atoms with van der Waals surface area (Å²) in [6.07, 6.45) is 2.77. The second-order valence-electron chi connectivity index (χ2n) is 5.15. The number of furan rings is 1. The van der Waals surface area contributed by atoms with E-state index in [1.54, 1.807) is 12.3 Å². The Balaban J connectivity index is 1.70. The molecule has 4 heteroatoms. The van der Waals surface area contributed by atoms with Gasteiger partial charge in [-0.25, -0.2) is 4.39 Å². The topological polar surface area (TPSA) is 28.4 Å². The van der Waals surface area contributed by atoms with Gasteiger partial charge in [0.05, 0.1) is 12.8 Å². The van der Waals surface area contributed by atoms with Crippen LogP contribution < -0.4 is 10.2 Å². The lowest BCUT2D eigenvalue weighted by Gasteiger charge is -2.17. The zero-order valence-electron chi connectivity index (χ0n) is 11.7. The van der Waals surface area contributed by atoms with Gasteiger partial charge in [-0.05, 0) is 36.7 Å². The Kier molecular flexibility index (Phi) is 3.74. The number of nitrogens with one attached hydrogen (secondary N) is 1. The van der Waals surface area contributed by atoms with Crippen molar-refractivity contribution >= 4 is 5.69 Å². The summed E-state index contributed by atoms with van der Waals surface area (Å²) in [5, 5.41) is 3.27. The molecule has 3 nitrogen and oxygen atoms in total. The van der Waals surface area contributed by atoms with Crippen LogP contribution in [0.4, 0.5) is 10.1 Å². The molecule has 0 unspecified atom stereocenters. The van der Waals surface area contributed by atoms with Crippen molar-refractivity contribution in [3.05, 3.63) is 53.2 Å². The number of fused-ring (bicyclic) bond motifs is 1. The van der Waals surface area contributed by atoms with Crippen LogP contribution in [0, 0.1) is 5.82 Å². The van der Waals surface area contributed by atoms with E-state index in [0.717, 1.165) is 43.1 Å². The Hall–Kier alpha value is -1.81. The van der Waals surface area contributed by atoms with Crippen molar-refractivity contribution < 1.29 is 8.81 Å². The third kappa shape index (κ3) is 2.70. The van der Waals surface area contributed by atoms with Gasteiger partial charge in [-0.2, -0.15) is 0 Å². The van der Waals surface area contributed by atoms with Gasteiger partial charge in [-0.3, -0.25) is 0 Å². The summed E-state index contributed by atoms with van der Waals surface area (Å²) in [6, 6.07) is 7.10. The molecule has 0 atom stereocenters. The molecule has 2 aromatic rings. The molecule has 3 rings (SSSR count). The average Bonchev–Trinajstić information content (AvgIpc) is 3.05. The summed E-state index contributed by atoms with van der Waals surface area (Å²) < 4.78 is 19.0. The summed E-state index contributed by atoms with van der Waals surface area (Å²) in [6.45, 7) is 5.46. The van der Waals surface area contributed by atoms with Gasteiger partial charge in [0.2, 0.25) is 0 Å². The average molecular weight is 274 g/mol. The lowest BCUT2D eigenvalue weighted by molar-refractivity contribution is 0.501. The Morgan fingerprint density at radius 3 is 3.10 bits per heavy atom. The molecule has 2 heterocycles. The van der Waals surface area contributed by atoms with Crippen LogP contribution in [0.15, 0.2) is 34.9 Å². The molecule has 0 aliphatic carbocycles. The van der Waals surface area contributed by atoms with Crippen molar-refractivity contribution in [2.45, 2.75) is 26.4 Å². The zero-order chi connectivity index (χ0) is 13.9. The Morgan fingerprint density at radius 1 is 1.35 bits per heavy atom. The van der Waals surface area contributed by atoms with Gasteiger partial charge in [0.25, 0.3) is 0 Å². The van der Waals surface area contributed by atoms with Crippen molar-refractivity contribution in [3.8, 4) is 0 Å². The quantitative estimate of drug-likeness (QED) is 0.908. The van der Waals surface area contributed by atoms with Crippen LogP contribution in [0.5, 0.6) is 0 Å². The highest BCUT2D eigenvalue weighted by Crippen LogP contribution is 2.30. The van der Waals surface area contributed by atoms with E-state index in [1.165, 1.54) is 11.6 Å². The third-order valence-electron chi connectivity index (χ3n) is 3.67. The molecule has 20 heavy (non-hydrogen) atoms. The second-order valence-corrected chi connectivity index (χ2v) is 5.15.